The molecular formula is C13H16FNO3. The molecule has 1 N–H and O–H groups in total. The molecule has 0 aliphatic carbocycles. The molecule has 18 heavy (non-hydrogen) atoms. The van der Waals surface area contributed by atoms with Gasteiger partial charge in [0.15, 0.2) is 12.5 Å². The van der Waals surface area contributed by atoms with E-state index in [0.717, 1.165) is 0 Å². The zero-order valence-electron chi connectivity index (χ0n) is 10.2. The second-order valence-electron chi connectivity index (χ2n) is 4.38. The molecule has 2 unspecified atom stereocenters. The van der Waals surface area contributed by atoms with Crippen molar-refractivity contribution in [3.8, 4) is 0 Å². The highest BCUT2D eigenvalue weighted by Crippen LogP contribution is 2.26. The van der Waals surface area contributed by atoms with Crippen molar-refractivity contribution in [2.45, 2.75) is 25.7 Å². The number of hydrogen-bond acceptors (Lipinski definition) is 4. The van der Waals surface area contributed by atoms with Crippen LogP contribution in [0.5, 0.6) is 0 Å². The summed E-state index contributed by atoms with van der Waals surface area (Å²) in [6, 6.07) is 4.84. The van der Waals surface area contributed by atoms with Crippen molar-refractivity contribution in [3.05, 3.63) is 29.6 Å². The van der Waals surface area contributed by atoms with Crippen LogP contribution in [0, 0.1) is 12.7 Å². The minimum atomic E-state index is -0.705. The van der Waals surface area contributed by atoms with Crippen LogP contribution in [0.2, 0.25) is 0 Å². The van der Waals surface area contributed by atoms with Gasteiger partial charge in [-0.15, -0.1) is 0 Å². The van der Waals surface area contributed by atoms with E-state index in [4.69, 9.17) is 9.84 Å². The lowest BCUT2D eigenvalue weighted by Crippen LogP contribution is -2.31. The van der Waals surface area contributed by atoms with Crippen molar-refractivity contribution >= 4 is 12.0 Å². The van der Waals surface area contributed by atoms with Gasteiger partial charge in [-0.2, -0.15) is 0 Å². The van der Waals surface area contributed by atoms with Gasteiger partial charge in [-0.3, -0.25) is 4.79 Å². The first kappa shape index (κ1) is 13.0. The number of aliphatic hydroxyl groups excluding tert-OH is 1. The quantitative estimate of drug-likeness (QED) is 0.820. The van der Waals surface area contributed by atoms with Gasteiger partial charge in [0.2, 0.25) is 0 Å². The summed E-state index contributed by atoms with van der Waals surface area (Å²) in [5.41, 5.74) is 1.18. The zero-order valence-corrected chi connectivity index (χ0v) is 10.2. The van der Waals surface area contributed by atoms with E-state index in [-0.39, 0.29) is 18.5 Å². The second-order valence-corrected chi connectivity index (χ2v) is 4.38. The number of hydrogen-bond donors (Lipinski definition) is 1. The third-order valence-electron chi connectivity index (χ3n) is 3.09. The summed E-state index contributed by atoms with van der Waals surface area (Å²) in [7, 11) is 0. The summed E-state index contributed by atoms with van der Waals surface area (Å²) >= 11 is 0. The lowest BCUT2D eigenvalue weighted by atomic mass is 10.2. The first-order valence-electron chi connectivity index (χ1n) is 5.90. The van der Waals surface area contributed by atoms with Gasteiger partial charge in [0.25, 0.3) is 0 Å². The highest BCUT2D eigenvalue weighted by Gasteiger charge is 2.32. The minimum Gasteiger partial charge on any atom is -0.396 e. The highest BCUT2D eigenvalue weighted by molar-refractivity contribution is 5.65. The van der Waals surface area contributed by atoms with Crippen molar-refractivity contribution in [2.24, 2.45) is 0 Å². The van der Waals surface area contributed by atoms with Crippen LogP contribution in [0.1, 0.15) is 12.0 Å². The van der Waals surface area contributed by atoms with E-state index in [2.05, 4.69) is 0 Å². The molecule has 1 aromatic carbocycles. The summed E-state index contributed by atoms with van der Waals surface area (Å²) in [5, 5.41) is 8.88. The smallest absolute Gasteiger partial charge is 0.187 e. The first-order chi connectivity index (χ1) is 8.65. The van der Waals surface area contributed by atoms with Crippen LogP contribution in [0.3, 0.4) is 0 Å². The Labute approximate surface area is 105 Å². The number of carbonyl (C=O) groups excluding carboxylic acids is 1. The normalized spacial score (nSPS) is 23.4. The fourth-order valence-corrected chi connectivity index (χ4v) is 2.06. The second kappa shape index (κ2) is 5.46. The third-order valence-corrected chi connectivity index (χ3v) is 3.09. The zero-order chi connectivity index (χ0) is 13.1. The molecule has 1 aliphatic rings. The van der Waals surface area contributed by atoms with E-state index < -0.39 is 6.23 Å². The van der Waals surface area contributed by atoms with Gasteiger partial charge in [-0.1, -0.05) is 6.07 Å². The number of carbonyl (C=O) groups is 1. The number of nitrogens with zero attached hydrogens (tertiary/aromatic N) is 1. The van der Waals surface area contributed by atoms with Gasteiger partial charge in [0.1, 0.15) is 5.82 Å². The van der Waals surface area contributed by atoms with Crippen LogP contribution >= 0.6 is 0 Å². The van der Waals surface area contributed by atoms with E-state index >= 15 is 0 Å². The van der Waals surface area contributed by atoms with Gasteiger partial charge < -0.3 is 14.7 Å². The molecule has 2 rings (SSSR count). The maximum Gasteiger partial charge on any atom is 0.187 e. The lowest BCUT2D eigenvalue weighted by molar-refractivity contribution is -0.117. The van der Waals surface area contributed by atoms with Crippen LogP contribution in [-0.2, 0) is 9.53 Å². The molecule has 4 nitrogen and oxygen atoms in total. The fourth-order valence-electron chi connectivity index (χ4n) is 2.06. The summed E-state index contributed by atoms with van der Waals surface area (Å²) in [6.45, 7) is 2.17. The highest BCUT2D eigenvalue weighted by atomic mass is 19.1. The maximum absolute atomic E-state index is 13.5. The van der Waals surface area contributed by atoms with Gasteiger partial charge in [0, 0.05) is 18.8 Å². The Morgan fingerprint density at radius 1 is 1.61 bits per heavy atom. The van der Waals surface area contributed by atoms with Crippen molar-refractivity contribution in [1.82, 2.24) is 0 Å². The van der Waals surface area contributed by atoms with Crippen molar-refractivity contribution in [3.63, 3.8) is 0 Å². The molecule has 1 heterocycles. The Bertz CT molecular complexity index is 438. The summed E-state index contributed by atoms with van der Waals surface area (Å²) in [6.07, 6.45) is 0.253. The topological polar surface area (TPSA) is 49.8 Å². The SMILES string of the molecule is Cc1ccc(N2CC(CCO)OC2C=O)cc1F. The molecule has 1 aromatic rings. The van der Waals surface area contributed by atoms with Gasteiger partial charge in [0.05, 0.1) is 6.10 Å². The van der Waals surface area contributed by atoms with E-state index in [1.807, 2.05) is 0 Å². The molecule has 1 aliphatic heterocycles. The number of rotatable bonds is 4. The molecule has 1 fully saturated rings. The number of halogens is 1. The van der Waals surface area contributed by atoms with Crippen LogP contribution in [0.15, 0.2) is 18.2 Å². The van der Waals surface area contributed by atoms with Crippen molar-refractivity contribution in [2.75, 3.05) is 18.1 Å². The van der Waals surface area contributed by atoms with Gasteiger partial charge in [-0.05, 0) is 31.0 Å². The van der Waals surface area contributed by atoms with Crippen molar-refractivity contribution < 1.29 is 19.0 Å². The van der Waals surface area contributed by atoms with E-state index in [1.54, 1.807) is 24.0 Å². The average Bonchev–Trinajstić information content (AvgIpc) is 2.76. The molecule has 2 atom stereocenters. The Balaban J connectivity index is 2.20. The lowest BCUT2D eigenvalue weighted by Gasteiger charge is -2.21. The van der Waals surface area contributed by atoms with Crippen LogP contribution in [0.4, 0.5) is 10.1 Å². The molecule has 0 bridgehead atoms. The molecular weight excluding hydrogens is 237 g/mol. The predicted octanol–water partition coefficient (Wildman–Crippen LogP) is 1.25. The molecule has 0 radical (unpaired) electrons. The maximum atomic E-state index is 13.5. The number of ether oxygens (including phenoxy) is 1. The molecule has 0 spiro atoms. The number of anilines is 1. The summed E-state index contributed by atoms with van der Waals surface area (Å²) in [4.78, 5) is 12.7. The molecule has 1 saturated heterocycles. The van der Waals surface area contributed by atoms with Gasteiger partial charge in [-0.25, -0.2) is 4.39 Å². The predicted molar refractivity (Wildman–Crippen MR) is 64.9 cm³/mol. The summed E-state index contributed by atoms with van der Waals surface area (Å²) < 4.78 is 19.0. The summed E-state index contributed by atoms with van der Waals surface area (Å²) in [5.74, 6) is -0.303. The minimum absolute atomic E-state index is 0.00629. The average molecular weight is 253 g/mol. The monoisotopic (exact) mass is 253 g/mol. The number of benzene rings is 1. The Morgan fingerprint density at radius 2 is 2.39 bits per heavy atom. The number of aliphatic hydroxyl groups is 1. The Kier molecular flexibility index (Phi) is 3.93. The van der Waals surface area contributed by atoms with Crippen LogP contribution in [-0.4, -0.2) is 36.9 Å². The molecule has 5 heteroatoms. The molecule has 0 amide bonds. The Morgan fingerprint density at radius 3 is 3.00 bits per heavy atom. The largest absolute Gasteiger partial charge is 0.396 e. The number of aldehydes is 1. The number of aryl methyl sites for hydroxylation is 1. The van der Waals surface area contributed by atoms with E-state index in [0.29, 0.717) is 30.5 Å². The van der Waals surface area contributed by atoms with Gasteiger partial charge >= 0.3 is 0 Å². The fraction of sp³-hybridized carbons (Fsp3) is 0.462. The van der Waals surface area contributed by atoms with Crippen LogP contribution in [0.25, 0.3) is 0 Å². The third kappa shape index (κ3) is 2.52. The Hall–Kier alpha value is -1.46. The molecule has 0 aromatic heterocycles. The van der Waals surface area contributed by atoms with Crippen molar-refractivity contribution in [1.29, 1.82) is 0 Å². The molecule has 0 saturated carbocycles. The van der Waals surface area contributed by atoms with E-state index in [1.165, 1.54) is 6.07 Å². The standard InChI is InChI=1S/C13H16FNO3/c1-9-2-3-10(6-12(9)14)15-7-11(4-5-16)18-13(15)8-17/h2-3,6,8,11,13,16H,4-5,7H2,1H3. The van der Waals surface area contributed by atoms with E-state index in [9.17, 15) is 9.18 Å². The first-order valence-corrected chi connectivity index (χ1v) is 5.90. The molecule has 98 valence electrons. The van der Waals surface area contributed by atoms with Crippen LogP contribution < -0.4 is 4.90 Å².